The molecule has 2 N–H and O–H groups in total. The summed E-state index contributed by atoms with van der Waals surface area (Å²) in [5.74, 6) is 2.17. The molecule has 2 heterocycles. The van der Waals surface area contributed by atoms with Gasteiger partial charge in [0, 0.05) is 51.3 Å². The maximum absolute atomic E-state index is 5.63. The first-order chi connectivity index (χ1) is 14.8. The molecule has 0 aliphatic carbocycles. The van der Waals surface area contributed by atoms with Gasteiger partial charge in [0.15, 0.2) is 5.96 Å². The predicted octanol–water partition coefficient (Wildman–Crippen LogP) is 2.49. The second-order valence-corrected chi connectivity index (χ2v) is 6.49. The van der Waals surface area contributed by atoms with Gasteiger partial charge in [-0.2, -0.15) is 5.10 Å². The van der Waals surface area contributed by atoms with E-state index in [0.717, 1.165) is 36.8 Å². The summed E-state index contributed by atoms with van der Waals surface area (Å²) in [7, 11) is 1.76. The average Bonchev–Trinajstić information content (AvgIpc) is 3.31. The highest BCUT2D eigenvalue weighted by Crippen LogP contribution is 2.09. The number of rotatable bonds is 11. The number of hydrogen-bond donors (Lipinski definition) is 2. The molecule has 0 amide bonds. The van der Waals surface area contributed by atoms with Crippen LogP contribution in [0.3, 0.4) is 0 Å². The maximum atomic E-state index is 5.63. The molecule has 0 unspecified atom stereocenters. The molecule has 0 spiro atoms. The van der Waals surface area contributed by atoms with E-state index in [0.29, 0.717) is 25.6 Å². The van der Waals surface area contributed by atoms with Crippen molar-refractivity contribution in [1.29, 1.82) is 0 Å². The Morgan fingerprint density at radius 2 is 1.90 bits per heavy atom. The van der Waals surface area contributed by atoms with E-state index in [-0.39, 0.29) is 0 Å². The zero-order chi connectivity index (χ0) is 20.9. The Morgan fingerprint density at radius 1 is 1.03 bits per heavy atom. The van der Waals surface area contributed by atoms with Gasteiger partial charge in [0.25, 0.3) is 0 Å². The molecule has 0 radical (unpaired) electrons. The number of aliphatic imine (C=N–C) groups is 1. The van der Waals surface area contributed by atoms with E-state index >= 15 is 0 Å². The molecular weight excluding hydrogens is 380 g/mol. The van der Waals surface area contributed by atoms with Gasteiger partial charge in [-0.1, -0.05) is 24.3 Å². The number of hydrogen-bond acceptors (Lipinski definition) is 5. The fourth-order valence-corrected chi connectivity index (χ4v) is 2.71. The second kappa shape index (κ2) is 12.1. The first-order valence-electron chi connectivity index (χ1n) is 10.0. The third-order valence-corrected chi connectivity index (χ3v) is 4.24. The molecule has 0 aliphatic rings. The van der Waals surface area contributed by atoms with Crippen LogP contribution in [0, 0.1) is 0 Å². The topological polar surface area (TPSA) is 85.6 Å². The van der Waals surface area contributed by atoms with Gasteiger partial charge < -0.3 is 20.1 Å². The third-order valence-electron chi connectivity index (χ3n) is 4.24. The number of nitrogens with one attached hydrogen (secondary N) is 2. The number of para-hydroxylation sites is 1. The molecule has 0 aliphatic heterocycles. The highest BCUT2D eigenvalue weighted by molar-refractivity contribution is 5.79. The number of nitrogens with zero attached hydrogens (tertiary/aromatic N) is 4. The van der Waals surface area contributed by atoms with Crippen molar-refractivity contribution < 1.29 is 9.47 Å². The lowest BCUT2D eigenvalue weighted by Gasteiger charge is -2.12. The fraction of sp³-hybridized carbons (Fsp3) is 0.318. The van der Waals surface area contributed by atoms with Crippen molar-refractivity contribution in [2.45, 2.75) is 19.5 Å². The smallest absolute Gasteiger partial charge is 0.213 e. The van der Waals surface area contributed by atoms with E-state index in [1.165, 1.54) is 0 Å². The van der Waals surface area contributed by atoms with E-state index in [1.807, 2.05) is 59.4 Å². The lowest BCUT2D eigenvalue weighted by Crippen LogP contribution is -2.37. The lowest BCUT2D eigenvalue weighted by atomic mass is 10.3. The van der Waals surface area contributed by atoms with Gasteiger partial charge in [0.05, 0.1) is 0 Å². The van der Waals surface area contributed by atoms with Gasteiger partial charge in [-0.15, -0.1) is 0 Å². The zero-order valence-corrected chi connectivity index (χ0v) is 17.2. The first-order valence-corrected chi connectivity index (χ1v) is 10.0. The quantitative estimate of drug-likeness (QED) is 0.288. The highest BCUT2D eigenvalue weighted by Gasteiger charge is 2.01. The summed E-state index contributed by atoms with van der Waals surface area (Å²) in [5.41, 5.74) is 1.04. The molecule has 8 nitrogen and oxygen atoms in total. The largest absolute Gasteiger partial charge is 0.490 e. The number of aromatic nitrogens is 3. The molecule has 0 saturated carbocycles. The van der Waals surface area contributed by atoms with Crippen LogP contribution < -0.4 is 20.1 Å². The Bertz CT molecular complexity index is 866. The van der Waals surface area contributed by atoms with E-state index in [1.54, 1.807) is 19.4 Å². The first kappa shape index (κ1) is 21.2. The summed E-state index contributed by atoms with van der Waals surface area (Å²) < 4.78 is 13.1. The number of pyridine rings is 1. The van der Waals surface area contributed by atoms with Crippen molar-refractivity contribution in [3.8, 4) is 11.6 Å². The molecule has 0 fully saturated rings. The van der Waals surface area contributed by atoms with Crippen LogP contribution in [0.1, 0.15) is 12.0 Å². The molecule has 1 aromatic carbocycles. The number of ether oxygens (including phenoxy) is 2. The van der Waals surface area contributed by atoms with Crippen molar-refractivity contribution >= 4 is 5.96 Å². The lowest BCUT2D eigenvalue weighted by molar-refractivity contribution is 0.212. The van der Waals surface area contributed by atoms with E-state index in [9.17, 15) is 0 Å². The molecular formula is C22H28N6O2. The van der Waals surface area contributed by atoms with Crippen LogP contribution in [-0.2, 0) is 13.1 Å². The number of aryl methyl sites for hydroxylation is 1. The Labute approximate surface area is 177 Å². The molecule has 3 rings (SSSR count). The minimum atomic E-state index is 0.439. The van der Waals surface area contributed by atoms with Crippen LogP contribution in [0.15, 0.2) is 72.1 Å². The monoisotopic (exact) mass is 408 g/mol. The number of guanidine groups is 1. The normalized spacial score (nSPS) is 11.2. The summed E-state index contributed by atoms with van der Waals surface area (Å²) in [5, 5.41) is 10.8. The zero-order valence-electron chi connectivity index (χ0n) is 17.2. The molecule has 3 aromatic rings. The van der Waals surface area contributed by atoms with Crippen molar-refractivity contribution in [2.75, 3.05) is 26.8 Å². The standard InChI is InChI=1S/C22H28N6O2/c1-23-22(24-11-5-13-28-14-6-12-27-28)26-18-19-9-10-21(25-17-19)30-16-15-29-20-7-3-2-4-8-20/h2-4,6-10,12,14,17H,5,11,13,15-16,18H2,1H3,(H2,23,24,26). The van der Waals surface area contributed by atoms with Gasteiger partial charge >= 0.3 is 0 Å². The summed E-state index contributed by atoms with van der Waals surface area (Å²) in [6.45, 7) is 3.23. The van der Waals surface area contributed by atoms with E-state index < -0.39 is 0 Å². The summed E-state index contributed by atoms with van der Waals surface area (Å²) in [6.07, 6.45) is 6.51. The number of benzene rings is 1. The van der Waals surface area contributed by atoms with Crippen LogP contribution in [0.25, 0.3) is 0 Å². The van der Waals surface area contributed by atoms with E-state index in [2.05, 4.69) is 25.7 Å². The summed E-state index contributed by atoms with van der Waals surface area (Å²) >= 11 is 0. The van der Waals surface area contributed by atoms with Crippen molar-refractivity contribution in [2.24, 2.45) is 4.99 Å². The Balaban J connectivity index is 1.31. The SMILES string of the molecule is CN=C(NCCCn1cccn1)NCc1ccc(OCCOc2ccccc2)nc1. The van der Waals surface area contributed by atoms with Gasteiger partial charge in [0.2, 0.25) is 5.88 Å². The highest BCUT2D eigenvalue weighted by atomic mass is 16.5. The maximum Gasteiger partial charge on any atom is 0.213 e. The van der Waals surface area contributed by atoms with Crippen LogP contribution in [-0.4, -0.2) is 47.5 Å². The molecule has 8 heteroatoms. The average molecular weight is 409 g/mol. The Morgan fingerprint density at radius 3 is 2.63 bits per heavy atom. The van der Waals surface area contributed by atoms with Gasteiger partial charge in [0.1, 0.15) is 19.0 Å². The van der Waals surface area contributed by atoms with Crippen LogP contribution in [0.2, 0.25) is 0 Å². The van der Waals surface area contributed by atoms with Gasteiger partial charge in [-0.25, -0.2) is 4.98 Å². The second-order valence-electron chi connectivity index (χ2n) is 6.49. The van der Waals surface area contributed by atoms with Gasteiger partial charge in [-0.05, 0) is 30.2 Å². The van der Waals surface area contributed by atoms with Crippen molar-refractivity contribution in [1.82, 2.24) is 25.4 Å². The molecule has 30 heavy (non-hydrogen) atoms. The Kier molecular flexibility index (Phi) is 8.54. The molecule has 158 valence electrons. The van der Waals surface area contributed by atoms with Crippen LogP contribution >= 0.6 is 0 Å². The summed E-state index contributed by atoms with van der Waals surface area (Å²) in [6, 6.07) is 15.4. The van der Waals surface area contributed by atoms with Crippen LogP contribution in [0.4, 0.5) is 0 Å². The minimum Gasteiger partial charge on any atom is -0.490 e. The predicted molar refractivity (Wildman–Crippen MR) is 117 cm³/mol. The van der Waals surface area contributed by atoms with E-state index in [4.69, 9.17) is 9.47 Å². The minimum absolute atomic E-state index is 0.439. The van der Waals surface area contributed by atoms with Crippen LogP contribution in [0.5, 0.6) is 11.6 Å². The third kappa shape index (κ3) is 7.46. The molecule has 0 saturated heterocycles. The summed E-state index contributed by atoms with van der Waals surface area (Å²) in [4.78, 5) is 8.59. The van der Waals surface area contributed by atoms with Crippen molar-refractivity contribution in [3.63, 3.8) is 0 Å². The molecule has 0 bridgehead atoms. The van der Waals surface area contributed by atoms with Crippen molar-refractivity contribution in [3.05, 3.63) is 72.7 Å². The fourth-order valence-electron chi connectivity index (χ4n) is 2.71. The van der Waals surface area contributed by atoms with Gasteiger partial charge in [-0.3, -0.25) is 9.67 Å². The molecule has 2 aromatic heterocycles. The Hall–Kier alpha value is -3.55. The molecule has 0 atom stereocenters.